The Kier molecular flexibility index (Phi) is 8.27. The van der Waals surface area contributed by atoms with Gasteiger partial charge in [-0.25, -0.2) is 19.7 Å². The van der Waals surface area contributed by atoms with Gasteiger partial charge in [0.1, 0.15) is 17.3 Å². The third-order valence-electron chi connectivity index (χ3n) is 5.76. The average Bonchev–Trinajstić information content (AvgIpc) is 3.71. The molecule has 0 bridgehead atoms. The molecule has 9 heteroatoms. The number of amides is 1. The molecule has 1 aliphatic carbocycles. The van der Waals surface area contributed by atoms with Gasteiger partial charge in [0.2, 0.25) is 0 Å². The van der Waals surface area contributed by atoms with E-state index >= 15 is 0 Å². The van der Waals surface area contributed by atoms with Crippen LogP contribution in [0.5, 0.6) is 11.5 Å². The second-order valence-corrected chi connectivity index (χ2v) is 9.05. The van der Waals surface area contributed by atoms with E-state index < -0.39 is 11.9 Å². The highest BCUT2D eigenvalue weighted by Gasteiger charge is 2.24. The summed E-state index contributed by atoms with van der Waals surface area (Å²) in [4.78, 5) is 34.8. The highest BCUT2D eigenvalue weighted by Crippen LogP contribution is 2.33. The maximum atomic E-state index is 11.3. The van der Waals surface area contributed by atoms with Gasteiger partial charge in [-0.15, -0.1) is 0 Å². The first-order chi connectivity index (χ1) is 18.3. The van der Waals surface area contributed by atoms with Crippen molar-refractivity contribution < 1.29 is 19.4 Å². The summed E-state index contributed by atoms with van der Waals surface area (Å²) in [6.07, 6.45) is 5.08. The zero-order valence-electron chi connectivity index (χ0n) is 21.2. The standard InChI is InChI=1S/C18H15N3O3.C11H14N2O/c1-12-7-8-15(17(20-12)18(22)23)24-14-9-10-19-16(11-14)21-13-5-3-2-4-6-13;1-7-2-5-9(6-8-3-4-8)10(13-7)11(12)14/h2-11H,1H3,(H,19,21)(H,22,23);2,5,8H,3-4,6H2,1H3,(H2,12,14). The lowest BCUT2D eigenvalue weighted by atomic mass is 10.1. The van der Waals surface area contributed by atoms with Crippen molar-refractivity contribution in [3.63, 3.8) is 0 Å². The number of benzene rings is 1. The molecule has 3 heterocycles. The van der Waals surface area contributed by atoms with Crippen LogP contribution in [-0.4, -0.2) is 31.9 Å². The van der Waals surface area contributed by atoms with Crippen molar-refractivity contribution in [3.05, 3.63) is 101 Å². The molecule has 0 aliphatic heterocycles. The zero-order chi connectivity index (χ0) is 27.1. The smallest absolute Gasteiger partial charge is 0.358 e. The molecule has 5 rings (SSSR count). The number of carboxylic acids is 1. The fourth-order valence-electron chi connectivity index (χ4n) is 3.72. The number of primary amides is 1. The minimum Gasteiger partial charge on any atom is -0.476 e. The molecule has 3 aromatic heterocycles. The molecule has 0 atom stereocenters. The van der Waals surface area contributed by atoms with Crippen LogP contribution >= 0.6 is 0 Å². The maximum Gasteiger partial charge on any atom is 0.358 e. The highest BCUT2D eigenvalue weighted by molar-refractivity contribution is 5.92. The minimum atomic E-state index is -1.13. The van der Waals surface area contributed by atoms with Gasteiger partial charge in [0.15, 0.2) is 11.4 Å². The Hall–Kier alpha value is -4.79. The lowest BCUT2D eigenvalue weighted by Gasteiger charge is -2.10. The predicted molar refractivity (Wildman–Crippen MR) is 144 cm³/mol. The Morgan fingerprint density at radius 1 is 0.974 bits per heavy atom. The summed E-state index contributed by atoms with van der Waals surface area (Å²) in [5.74, 6) is 0.449. The first kappa shape index (κ1) is 26.3. The molecule has 0 saturated heterocycles. The van der Waals surface area contributed by atoms with Crippen molar-refractivity contribution in [2.75, 3.05) is 5.32 Å². The number of hydrogen-bond donors (Lipinski definition) is 3. The molecule has 38 heavy (non-hydrogen) atoms. The third-order valence-corrected chi connectivity index (χ3v) is 5.76. The predicted octanol–water partition coefficient (Wildman–Crippen LogP) is 5.46. The van der Waals surface area contributed by atoms with Crippen molar-refractivity contribution in [1.82, 2.24) is 15.0 Å². The van der Waals surface area contributed by atoms with Gasteiger partial charge in [-0.1, -0.05) is 24.3 Å². The van der Waals surface area contributed by atoms with Crippen LogP contribution in [0.3, 0.4) is 0 Å². The number of nitrogens with two attached hydrogens (primary N) is 1. The summed E-state index contributed by atoms with van der Waals surface area (Å²) in [6, 6.07) is 20.1. The molecule has 194 valence electrons. The fourth-order valence-corrected chi connectivity index (χ4v) is 3.72. The number of pyridine rings is 3. The molecule has 4 N–H and O–H groups in total. The van der Waals surface area contributed by atoms with Crippen molar-refractivity contribution in [1.29, 1.82) is 0 Å². The number of nitrogens with one attached hydrogen (secondary N) is 1. The molecule has 4 aromatic rings. The van der Waals surface area contributed by atoms with E-state index in [0.717, 1.165) is 29.3 Å². The van der Waals surface area contributed by atoms with Crippen LogP contribution in [0.25, 0.3) is 0 Å². The van der Waals surface area contributed by atoms with E-state index in [4.69, 9.17) is 10.5 Å². The van der Waals surface area contributed by atoms with Gasteiger partial charge >= 0.3 is 5.97 Å². The van der Waals surface area contributed by atoms with Crippen LogP contribution in [0.4, 0.5) is 11.5 Å². The number of aromatic carboxylic acids is 1. The van der Waals surface area contributed by atoms with Gasteiger partial charge in [-0.2, -0.15) is 0 Å². The lowest BCUT2D eigenvalue weighted by Crippen LogP contribution is -2.16. The number of rotatable bonds is 8. The molecule has 1 amide bonds. The zero-order valence-corrected chi connectivity index (χ0v) is 21.2. The second kappa shape index (κ2) is 12.0. The lowest BCUT2D eigenvalue weighted by molar-refractivity contribution is 0.0687. The fraction of sp³-hybridized carbons (Fsp3) is 0.207. The second-order valence-electron chi connectivity index (χ2n) is 9.05. The largest absolute Gasteiger partial charge is 0.476 e. The molecule has 0 spiro atoms. The molecular formula is C29H29N5O4. The van der Waals surface area contributed by atoms with Crippen molar-refractivity contribution >= 4 is 23.4 Å². The average molecular weight is 512 g/mol. The number of aromatic nitrogens is 3. The number of para-hydroxylation sites is 1. The first-order valence-electron chi connectivity index (χ1n) is 12.2. The van der Waals surface area contributed by atoms with Gasteiger partial charge < -0.3 is 20.9 Å². The number of carbonyl (C=O) groups excluding carboxylic acids is 1. The number of carbonyl (C=O) groups is 2. The number of ether oxygens (including phenoxy) is 1. The van der Waals surface area contributed by atoms with Gasteiger partial charge in [0, 0.05) is 29.3 Å². The number of anilines is 2. The van der Waals surface area contributed by atoms with Gasteiger partial charge in [-0.3, -0.25) is 4.79 Å². The van der Waals surface area contributed by atoms with Crippen LogP contribution < -0.4 is 15.8 Å². The first-order valence-corrected chi connectivity index (χ1v) is 12.2. The minimum absolute atomic E-state index is 0.121. The molecule has 1 saturated carbocycles. The Labute approximate surface area is 220 Å². The summed E-state index contributed by atoms with van der Waals surface area (Å²) in [7, 11) is 0. The van der Waals surface area contributed by atoms with Crippen LogP contribution in [-0.2, 0) is 6.42 Å². The highest BCUT2D eigenvalue weighted by atomic mass is 16.5. The van der Waals surface area contributed by atoms with Gasteiger partial charge in [0.25, 0.3) is 5.91 Å². The van der Waals surface area contributed by atoms with E-state index in [0.29, 0.717) is 23.0 Å². The van der Waals surface area contributed by atoms with Gasteiger partial charge in [0.05, 0.1) is 0 Å². The summed E-state index contributed by atoms with van der Waals surface area (Å²) < 4.78 is 5.68. The molecule has 0 radical (unpaired) electrons. The molecule has 9 nitrogen and oxygen atoms in total. The van der Waals surface area contributed by atoms with Crippen LogP contribution in [0.2, 0.25) is 0 Å². The topological polar surface area (TPSA) is 140 Å². The van der Waals surface area contributed by atoms with E-state index in [1.807, 2.05) is 49.4 Å². The van der Waals surface area contributed by atoms with Crippen LogP contribution in [0, 0.1) is 19.8 Å². The molecule has 0 unspecified atom stereocenters. The maximum absolute atomic E-state index is 11.3. The Morgan fingerprint density at radius 3 is 2.32 bits per heavy atom. The van der Waals surface area contributed by atoms with Crippen molar-refractivity contribution in [2.45, 2.75) is 33.1 Å². The van der Waals surface area contributed by atoms with Crippen molar-refractivity contribution in [3.8, 4) is 11.5 Å². The summed E-state index contributed by atoms with van der Waals surface area (Å²) in [5, 5.41) is 12.4. The van der Waals surface area contributed by atoms with Gasteiger partial charge in [-0.05, 0) is 81.0 Å². The Morgan fingerprint density at radius 2 is 1.66 bits per heavy atom. The van der Waals surface area contributed by atoms with Crippen LogP contribution in [0.1, 0.15) is 50.8 Å². The number of carboxylic acid groups (broad SMARTS) is 1. The summed E-state index contributed by atoms with van der Waals surface area (Å²) in [5.41, 5.74) is 8.97. The van der Waals surface area contributed by atoms with E-state index in [1.165, 1.54) is 12.8 Å². The number of aryl methyl sites for hydroxylation is 2. The van der Waals surface area contributed by atoms with E-state index in [2.05, 4.69) is 20.3 Å². The molecular weight excluding hydrogens is 482 g/mol. The summed E-state index contributed by atoms with van der Waals surface area (Å²) in [6.45, 7) is 3.60. The van der Waals surface area contributed by atoms with E-state index in [1.54, 1.807) is 37.4 Å². The normalized spacial score (nSPS) is 12.2. The monoisotopic (exact) mass is 511 g/mol. The molecule has 1 fully saturated rings. The third kappa shape index (κ3) is 7.36. The van der Waals surface area contributed by atoms with E-state index in [-0.39, 0.29) is 11.4 Å². The quantitative estimate of drug-likeness (QED) is 0.283. The Balaban J connectivity index is 0.000000204. The Bertz CT molecular complexity index is 1440. The molecule has 1 aromatic carbocycles. The summed E-state index contributed by atoms with van der Waals surface area (Å²) >= 11 is 0. The van der Waals surface area contributed by atoms with Crippen LogP contribution in [0.15, 0.2) is 72.9 Å². The van der Waals surface area contributed by atoms with Crippen molar-refractivity contribution in [2.24, 2.45) is 11.7 Å². The van der Waals surface area contributed by atoms with E-state index in [9.17, 15) is 14.7 Å². The SMILES string of the molecule is Cc1ccc(CC2CC2)c(C(N)=O)n1.Cc1ccc(Oc2ccnc(Nc3ccccc3)c2)c(C(=O)O)n1. The number of hydrogen-bond acceptors (Lipinski definition) is 7. The molecule has 1 aliphatic rings. The number of nitrogens with zero attached hydrogens (tertiary/aromatic N) is 3.